The molecule has 306 valence electrons. The SMILES string of the molecule is CNC[C@@H]1C[C@@H]2CC[C@H]1[C@H]1c3c(cc4oc(C)cc(=O)c4c3O)OC(C)(C)[C@@H]1OC(=O)[C@@]21O[C@@H]1CCc1cc(N)nc(-c2cc(N)nc(C[NH+]3C=C4N=CC=C4C3)c2)c1. The number of esters is 1. The first kappa shape index (κ1) is 37.7. The average molecular weight is 801 g/mol. The summed E-state index contributed by atoms with van der Waals surface area (Å²) in [5.41, 5.74) is 16.7. The van der Waals surface area contributed by atoms with Crippen molar-refractivity contribution in [1.82, 2.24) is 15.3 Å². The van der Waals surface area contributed by atoms with E-state index in [4.69, 9.17) is 30.1 Å². The van der Waals surface area contributed by atoms with Crippen LogP contribution in [0.4, 0.5) is 11.6 Å². The fraction of sp³-hybridized carbons (Fsp3) is 0.444. The van der Waals surface area contributed by atoms with Crippen molar-refractivity contribution in [1.29, 1.82) is 0 Å². The van der Waals surface area contributed by atoms with Gasteiger partial charge in [0.05, 0.1) is 17.5 Å². The molecule has 1 unspecified atom stereocenters. The maximum absolute atomic E-state index is 14.8. The molecule has 7 aliphatic rings. The molecular formula is C45H50N7O7+. The van der Waals surface area contributed by atoms with Crippen molar-refractivity contribution < 1.29 is 33.4 Å². The third-order valence-corrected chi connectivity index (χ3v) is 13.5. The van der Waals surface area contributed by atoms with Crippen LogP contribution in [-0.4, -0.2) is 70.8 Å². The summed E-state index contributed by atoms with van der Waals surface area (Å²) in [5.74, 6) is 0.748. The largest absolute Gasteiger partial charge is 0.507 e. The Kier molecular flexibility index (Phi) is 8.78. The lowest BCUT2D eigenvalue weighted by molar-refractivity contribution is -0.852. The van der Waals surface area contributed by atoms with Gasteiger partial charge < -0.3 is 40.5 Å². The number of hydrogen-bond donors (Lipinski definition) is 5. The van der Waals surface area contributed by atoms with Crippen molar-refractivity contribution in [3.05, 3.63) is 92.7 Å². The standard InChI is InChI=1S/C45H49N7O7/c1-22-11-32(53)39-33(56-22)17-34-40(41(39)54)38-29-7-6-27(14-26(29)18-48-4)45(43(55)57-42(38)44(2,3)58-34)35(59-45)8-5-23-12-30(51-36(46)13-23)25-15-28(50-37(47)16-25)20-52-19-24-9-10-49-31(24)21-52/h9-13,15-17,21,26-27,29,35,38,42,48,54H,5-8,14,18-20H2,1-4H3,(H2,46,51)(H2,47,50)/p+1/t26-,27-,29+,35+,38-,42+,45+/m0/s1. The van der Waals surface area contributed by atoms with Crippen LogP contribution in [0.1, 0.15) is 68.0 Å². The number of aromatic hydroxyl groups is 1. The number of aromatic nitrogens is 2. The van der Waals surface area contributed by atoms with Crippen LogP contribution in [0.15, 0.2) is 74.1 Å². The quantitative estimate of drug-likeness (QED) is 0.127. The van der Waals surface area contributed by atoms with Crippen molar-refractivity contribution in [2.45, 2.75) is 88.7 Å². The second-order valence-corrected chi connectivity index (χ2v) is 17.8. The number of nitrogens with one attached hydrogen (secondary N) is 2. The number of allylic oxidation sites excluding steroid dienone is 1. The number of carbonyl (C=O) groups is 1. The van der Waals surface area contributed by atoms with Gasteiger partial charge in [0.25, 0.3) is 0 Å². The fourth-order valence-electron chi connectivity index (χ4n) is 11.0. The minimum atomic E-state index is -1.12. The summed E-state index contributed by atoms with van der Waals surface area (Å²) in [4.78, 5) is 43.0. The Morgan fingerprint density at radius 1 is 1.05 bits per heavy atom. The number of ether oxygens (including phenoxy) is 3. The Bertz CT molecular complexity index is 2580. The highest BCUT2D eigenvalue weighted by Gasteiger charge is 2.70. The predicted molar refractivity (Wildman–Crippen MR) is 221 cm³/mol. The van der Waals surface area contributed by atoms with Crippen LogP contribution >= 0.6 is 0 Å². The number of pyridine rings is 2. The lowest BCUT2D eigenvalue weighted by Gasteiger charge is -2.48. The molecule has 4 fully saturated rings. The molecule has 8 atom stereocenters. The molecule has 14 nitrogen and oxygen atoms in total. The van der Waals surface area contributed by atoms with Crippen LogP contribution in [0, 0.1) is 24.7 Å². The molecule has 11 rings (SSSR count). The Balaban J connectivity index is 0.929. The number of quaternary nitrogens is 1. The number of epoxide rings is 1. The Labute approximate surface area is 341 Å². The molecule has 1 spiro atoms. The van der Waals surface area contributed by atoms with E-state index in [1.54, 1.807) is 13.0 Å². The highest BCUT2D eigenvalue weighted by molar-refractivity contribution is 5.88. The molecule has 14 heteroatoms. The number of fused-ring (bicyclic) bond motifs is 6. The summed E-state index contributed by atoms with van der Waals surface area (Å²) in [6.07, 6.45) is 8.33. The van der Waals surface area contributed by atoms with E-state index in [9.17, 15) is 14.7 Å². The van der Waals surface area contributed by atoms with Crippen LogP contribution in [-0.2, 0) is 27.2 Å². The lowest BCUT2D eigenvalue weighted by Crippen LogP contribution is -3.04. The van der Waals surface area contributed by atoms with Gasteiger partial charge in [-0.2, -0.15) is 0 Å². The molecule has 7 N–H and O–H groups in total. The van der Waals surface area contributed by atoms with Gasteiger partial charge in [0.1, 0.15) is 76.6 Å². The maximum atomic E-state index is 14.8. The summed E-state index contributed by atoms with van der Waals surface area (Å²) in [6, 6.07) is 10.8. The van der Waals surface area contributed by atoms with E-state index in [0.717, 1.165) is 48.3 Å². The Hall–Kier alpha value is -5.57. The van der Waals surface area contributed by atoms with Gasteiger partial charge in [-0.05, 0) is 114 Å². The Morgan fingerprint density at radius 3 is 2.69 bits per heavy atom. The van der Waals surface area contributed by atoms with Crippen LogP contribution < -0.4 is 31.8 Å². The molecule has 0 amide bonds. The van der Waals surface area contributed by atoms with E-state index < -0.39 is 29.2 Å². The third-order valence-electron chi connectivity index (χ3n) is 13.5. The molecule has 6 aliphatic heterocycles. The van der Waals surface area contributed by atoms with Crippen molar-refractivity contribution in [3.8, 4) is 22.8 Å². The van der Waals surface area contributed by atoms with E-state index in [1.165, 1.54) is 16.5 Å². The zero-order chi connectivity index (χ0) is 41.0. The number of aryl methyl sites for hydroxylation is 2. The topological polar surface area (TPSA) is 205 Å². The summed E-state index contributed by atoms with van der Waals surface area (Å²) < 4.78 is 25.7. The second kappa shape index (κ2) is 13.7. The summed E-state index contributed by atoms with van der Waals surface area (Å²) in [5, 5.41) is 15.4. The molecule has 9 heterocycles. The van der Waals surface area contributed by atoms with E-state index in [-0.39, 0.29) is 46.0 Å². The molecule has 59 heavy (non-hydrogen) atoms. The highest BCUT2D eigenvalue weighted by atomic mass is 16.7. The Morgan fingerprint density at radius 2 is 1.88 bits per heavy atom. The number of carbonyl (C=O) groups excluding carboxylic acids is 1. The summed E-state index contributed by atoms with van der Waals surface area (Å²) in [6.45, 7) is 7.74. The van der Waals surface area contributed by atoms with Crippen LogP contribution in [0.3, 0.4) is 0 Å². The first-order valence-corrected chi connectivity index (χ1v) is 20.7. The van der Waals surface area contributed by atoms with E-state index in [0.29, 0.717) is 60.3 Å². The number of anilines is 2. The average Bonchev–Trinajstić information content (AvgIpc) is 3.52. The van der Waals surface area contributed by atoms with Crippen molar-refractivity contribution in [2.24, 2.45) is 22.7 Å². The third kappa shape index (κ3) is 6.30. The van der Waals surface area contributed by atoms with E-state index in [1.807, 2.05) is 51.4 Å². The number of benzene rings is 1. The first-order valence-electron chi connectivity index (χ1n) is 20.7. The molecule has 1 aliphatic carbocycles. The van der Waals surface area contributed by atoms with E-state index >= 15 is 0 Å². The molecule has 4 aromatic rings. The molecule has 1 aromatic carbocycles. The molecule has 2 bridgehead atoms. The van der Waals surface area contributed by atoms with Crippen LogP contribution in [0.25, 0.3) is 22.2 Å². The van der Waals surface area contributed by atoms with E-state index in [2.05, 4.69) is 32.6 Å². The van der Waals surface area contributed by atoms with Crippen molar-refractivity contribution >= 4 is 34.8 Å². The molecule has 3 aromatic heterocycles. The number of nitrogens with zero attached hydrogens (tertiary/aromatic N) is 3. The lowest BCUT2D eigenvalue weighted by atomic mass is 9.61. The highest BCUT2D eigenvalue weighted by Crippen LogP contribution is 2.61. The smallest absolute Gasteiger partial charge is 0.341 e. The number of hydrogen-bond acceptors (Lipinski definition) is 13. The fourth-order valence-corrected chi connectivity index (χ4v) is 11.0. The molecular weight excluding hydrogens is 751 g/mol. The van der Waals surface area contributed by atoms with Gasteiger partial charge in [0.2, 0.25) is 0 Å². The van der Waals surface area contributed by atoms with Gasteiger partial charge in [-0.3, -0.25) is 14.7 Å². The summed E-state index contributed by atoms with van der Waals surface area (Å²) >= 11 is 0. The zero-order valence-corrected chi connectivity index (χ0v) is 33.7. The second-order valence-electron chi connectivity index (χ2n) is 17.8. The van der Waals surface area contributed by atoms with Crippen molar-refractivity contribution in [3.63, 3.8) is 0 Å². The van der Waals surface area contributed by atoms with Gasteiger partial charge in [0, 0.05) is 46.9 Å². The van der Waals surface area contributed by atoms with Crippen LogP contribution in [0.5, 0.6) is 11.5 Å². The minimum absolute atomic E-state index is 0.0209. The van der Waals surface area contributed by atoms with Gasteiger partial charge in [0.15, 0.2) is 11.0 Å². The molecule has 1 saturated carbocycles. The predicted octanol–water partition coefficient (Wildman–Crippen LogP) is 3.88. The normalized spacial score (nSPS) is 29.8. The number of phenolic OH excluding ortho intramolecular Hbond substituents is 1. The van der Waals surface area contributed by atoms with Gasteiger partial charge >= 0.3 is 5.97 Å². The minimum Gasteiger partial charge on any atom is -0.507 e. The van der Waals surface area contributed by atoms with Crippen molar-refractivity contribution in [2.75, 3.05) is 31.6 Å². The van der Waals surface area contributed by atoms with Gasteiger partial charge in [-0.15, -0.1) is 0 Å². The molecule has 3 saturated heterocycles. The number of phenols is 1. The zero-order valence-electron chi connectivity index (χ0n) is 33.7. The number of nitrogens with two attached hydrogens (primary N) is 2. The monoisotopic (exact) mass is 800 g/mol. The van der Waals surface area contributed by atoms with Gasteiger partial charge in [-0.1, -0.05) is 0 Å². The maximum Gasteiger partial charge on any atom is 0.341 e. The number of nitrogen functional groups attached to an aromatic ring is 2. The number of rotatable bonds is 8. The molecule has 0 radical (unpaired) electrons. The summed E-state index contributed by atoms with van der Waals surface area (Å²) in [7, 11) is 1.94. The van der Waals surface area contributed by atoms with Gasteiger partial charge in [-0.25, -0.2) is 14.8 Å². The van der Waals surface area contributed by atoms with Crippen LogP contribution in [0.2, 0.25) is 0 Å². The number of aliphatic imine (C=N–C) groups is 1. The first-order chi connectivity index (χ1) is 28.3.